The van der Waals surface area contributed by atoms with Crippen LogP contribution in [0, 0.1) is 0 Å². The van der Waals surface area contributed by atoms with Crippen molar-refractivity contribution < 1.29 is 14.6 Å². The van der Waals surface area contributed by atoms with Crippen LogP contribution in [0.4, 0.5) is 5.69 Å². The molecule has 0 aliphatic carbocycles. The Morgan fingerprint density at radius 2 is 2.03 bits per heavy atom. The number of likely N-dealkylation sites (tertiary alicyclic amines) is 1. The summed E-state index contributed by atoms with van der Waals surface area (Å²) in [6.07, 6.45) is 1.51. The van der Waals surface area contributed by atoms with Crippen LogP contribution in [-0.2, 0) is 4.79 Å². The zero-order valence-electron chi connectivity index (χ0n) is 17.4. The Morgan fingerprint density at radius 3 is 2.74 bits per heavy atom. The number of anilines is 1. The molecule has 1 aliphatic rings. The molecule has 164 valence electrons. The van der Waals surface area contributed by atoms with E-state index in [1.54, 1.807) is 35.6 Å². The highest BCUT2D eigenvalue weighted by atomic mass is 35.5. The minimum absolute atomic E-state index is 0.111. The van der Waals surface area contributed by atoms with Crippen LogP contribution in [0.3, 0.4) is 0 Å². The lowest BCUT2D eigenvalue weighted by Crippen LogP contribution is -2.40. The summed E-state index contributed by atoms with van der Waals surface area (Å²) < 4.78 is 6.87. The van der Waals surface area contributed by atoms with Gasteiger partial charge in [-0.15, -0.1) is 11.3 Å². The fourth-order valence-electron chi connectivity index (χ4n) is 3.84. The van der Waals surface area contributed by atoms with Gasteiger partial charge in [0.15, 0.2) is 0 Å². The topological polar surface area (TPSA) is 74.7 Å². The molecule has 8 heteroatoms. The summed E-state index contributed by atoms with van der Waals surface area (Å²) in [7, 11) is 0. The van der Waals surface area contributed by atoms with Crippen molar-refractivity contribution in [2.24, 2.45) is 0 Å². The Kier molecular flexibility index (Phi) is 7.07. The summed E-state index contributed by atoms with van der Waals surface area (Å²) in [5.74, 6) is 1.02. The number of hydrogen-bond acceptors (Lipinski definition) is 6. The summed E-state index contributed by atoms with van der Waals surface area (Å²) in [5, 5.41) is 15.0. The van der Waals surface area contributed by atoms with E-state index in [1.807, 2.05) is 18.2 Å². The highest BCUT2D eigenvalue weighted by Crippen LogP contribution is 2.34. The van der Waals surface area contributed by atoms with E-state index in [4.69, 9.17) is 21.3 Å². The number of aliphatic hydroxyl groups excluding tert-OH is 1. The van der Waals surface area contributed by atoms with E-state index in [0.717, 1.165) is 42.2 Å². The number of rotatable bonds is 7. The van der Waals surface area contributed by atoms with E-state index in [1.165, 1.54) is 16.6 Å². The van der Waals surface area contributed by atoms with E-state index < -0.39 is 6.10 Å². The Balaban J connectivity index is 1.22. The third-order valence-electron chi connectivity index (χ3n) is 5.39. The van der Waals surface area contributed by atoms with Crippen molar-refractivity contribution in [3.05, 3.63) is 52.5 Å². The molecule has 31 heavy (non-hydrogen) atoms. The maximum absolute atomic E-state index is 11.1. The average molecular weight is 460 g/mol. The van der Waals surface area contributed by atoms with Crippen LogP contribution in [0.25, 0.3) is 10.2 Å². The van der Waals surface area contributed by atoms with Crippen molar-refractivity contribution in [1.29, 1.82) is 0 Å². The molecule has 1 saturated heterocycles. The molecular formula is C23H26ClN3O3S. The maximum Gasteiger partial charge on any atom is 0.221 e. The van der Waals surface area contributed by atoms with E-state index in [2.05, 4.69) is 10.2 Å². The maximum atomic E-state index is 11.1. The lowest BCUT2D eigenvalue weighted by molar-refractivity contribution is -0.114. The molecule has 2 heterocycles. The van der Waals surface area contributed by atoms with Gasteiger partial charge in [0.2, 0.25) is 5.91 Å². The zero-order valence-corrected chi connectivity index (χ0v) is 19.0. The highest BCUT2D eigenvalue weighted by molar-refractivity contribution is 7.18. The molecule has 2 N–H and O–H groups in total. The van der Waals surface area contributed by atoms with Crippen LogP contribution in [0.2, 0.25) is 5.02 Å². The monoisotopic (exact) mass is 459 g/mol. The number of hydrogen-bond donors (Lipinski definition) is 2. The Morgan fingerprint density at radius 1 is 1.29 bits per heavy atom. The SMILES string of the molecule is CC(=O)Nc1ccc(OCC(O)CN2CCC(c3nc4cc(Cl)ccc4s3)CC2)cc1. The number of carbonyl (C=O) groups is 1. The number of piperidine rings is 1. The number of benzene rings is 2. The molecule has 0 bridgehead atoms. The van der Waals surface area contributed by atoms with Crippen LogP contribution in [0.15, 0.2) is 42.5 Å². The Bertz CT molecular complexity index is 1030. The van der Waals surface area contributed by atoms with Gasteiger partial charge >= 0.3 is 0 Å². The summed E-state index contributed by atoms with van der Waals surface area (Å²) in [4.78, 5) is 18.1. The van der Waals surface area contributed by atoms with Gasteiger partial charge in [-0.05, 0) is 68.4 Å². The molecule has 3 aromatic rings. The second-order valence-electron chi connectivity index (χ2n) is 7.91. The van der Waals surface area contributed by atoms with Crippen molar-refractivity contribution in [3.63, 3.8) is 0 Å². The zero-order chi connectivity index (χ0) is 21.8. The van der Waals surface area contributed by atoms with E-state index in [0.29, 0.717) is 18.2 Å². The molecule has 0 spiro atoms. The number of carbonyl (C=O) groups excluding carboxylic acids is 1. The second kappa shape index (κ2) is 9.96. The Hall–Kier alpha value is -2.19. The number of nitrogens with zero attached hydrogens (tertiary/aromatic N) is 2. The summed E-state index contributed by atoms with van der Waals surface area (Å²) in [6, 6.07) is 13.0. The number of halogens is 1. The van der Waals surface area contributed by atoms with Gasteiger partial charge in [0, 0.05) is 30.1 Å². The molecule has 0 saturated carbocycles. The molecule has 1 unspecified atom stereocenters. The molecule has 0 radical (unpaired) electrons. The first-order valence-electron chi connectivity index (χ1n) is 10.4. The first kappa shape index (κ1) is 22.0. The summed E-state index contributed by atoms with van der Waals surface area (Å²) >= 11 is 7.84. The van der Waals surface area contributed by atoms with Crippen LogP contribution in [-0.4, -0.2) is 53.2 Å². The molecule has 4 rings (SSSR count). The lowest BCUT2D eigenvalue weighted by Gasteiger charge is -2.32. The molecule has 1 atom stereocenters. The van der Waals surface area contributed by atoms with Crippen molar-refractivity contribution in [2.45, 2.75) is 31.8 Å². The van der Waals surface area contributed by atoms with Crippen LogP contribution < -0.4 is 10.1 Å². The molecular weight excluding hydrogens is 434 g/mol. The minimum atomic E-state index is -0.559. The van der Waals surface area contributed by atoms with E-state index in [-0.39, 0.29) is 12.5 Å². The molecule has 1 aliphatic heterocycles. The first-order valence-corrected chi connectivity index (χ1v) is 11.6. The number of ether oxygens (including phenoxy) is 1. The highest BCUT2D eigenvalue weighted by Gasteiger charge is 2.24. The standard InChI is InChI=1S/C23H26ClN3O3S/c1-15(28)25-18-3-5-20(6-4-18)30-14-19(29)13-27-10-8-16(9-11-27)23-26-21-12-17(24)2-7-22(21)31-23/h2-7,12,16,19,29H,8-11,13-14H2,1H3,(H,25,28). The predicted octanol–water partition coefficient (Wildman–Crippen LogP) is 4.53. The van der Waals surface area contributed by atoms with Gasteiger partial charge in [-0.1, -0.05) is 11.6 Å². The minimum Gasteiger partial charge on any atom is -0.491 e. The van der Waals surface area contributed by atoms with Crippen molar-refractivity contribution >= 4 is 44.7 Å². The molecule has 1 fully saturated rings. The number of thiazole rings is 1. The number of nitrogens with one attached hydrogen (secondary N) is 1. The second-order valence-corrected chi connectivity index (χ2v) is 9.41. The third-order valence-corrected chi connectivity index (χ3v) is 6.82. The van der Waals surface area contributed by atoms with Crippen LogP contribution in [0.5, 0.6) is 5.75 Å². The number of fused-ring (bicyclic) bond motifs is 1. The molecule has 1 amide bonds. The third kappa shape index (κ3) is 5.95. The van der Waals surface area contributed by atoms with Gasteiger partial charge in [0.25, 0.3) is 0 Å². The van der Waals surface area contributed by atoms with Gasteiger partial charge in [0.05, 0.1) is 15.2 Å². The van der Waals surface area contributed by atoms with Gasteiger partial charge < -0.3 is 20.1 Å². The number of β-amino-alcohol motifs (C(OH)–C–C–N with tert-alkyl or cyclic N) is 1. The fourth-order valence-corrected chi connectivity index (χ4v) is 5.12. The van der Waals surface area contributed by atoms with Gasteiger partial charge in [-0.3, -0.25) is 4.79 Å². The predicted molar refractivity (Wildman–Crippen MR) is 125 cm³/mol. The number of amides is 1. The van der Waals surface area contributed by atoms with Crippen molar-refractivity contribution in [3.8, 4) is 5.75 Å². The van der Waals surface area contributed by atoms with Crippen molar-refractivity contribution in [2.75, 3.05) is 31.6 Å². The van der Waals surface area contributed by atoms with Crippen LogP contribution >= 0.6 is 22.9 Å². The Labute approximate surface area is 190 Å². The lowest BCUT2D eigenvalue weighted by atomic mass is 9.97. The fraction of sp³-hybridized carbons (Fsp3) is 0.391. The molecule has 1 aromatic heterocycles. The number of aliphatic hydroxyl groups is 1. The first-order chi connectivity index (χ1) is 15.0. The largest absolute Gasteiger partial charge is 0.491 e. The van der Waals surface area contributed by atoms with E-state index >= 15 is 0 Å². The quantitative estimate of drug-likeness (QED) is 0.543. The van der Waals surface area contributed by atoms with Crippen molar-refractivity contribution in [1.82, 2.24) is 9.88 Å². The number of aromatic nitrogens is 1. The summed E-state index contributed by atoms with van der Waals surface area (Å²) in [6.45, 7) is 4.16. The van der Waals surface area contributed by atoms with Gasteiger partial charge in [-0.25, -0.2) is 4.98 Å². The molecule has 2 aromatic carbocycles. The van der Waals surface area contributed by atoms with Gasteiger partial charge in [-0.2, -0.15) is 0 Å². The normalized spacial score (nSPS) is 16.4. The van der Waals surface area contributed by atoms with E-state index in [9.17, 15) is 9.90 Å². The average Bonchev–Trinajstić information content (AvgIpc) is 3.16. The van der Waals surface area contributed by atoms with Crippen LogP contribution in [0.1, 0.15) is 30.7 Å². The smallest absolute Gasteiger partial charge is 0.221 e. The summed E-state index contributed by atoms with van der Waals surface area (Å²) in [5.41, 5.74) is 1.70. The van der Waals surface area contributed by atoms with Gasteiger partial charge in [0.1, 0.15) is 18.5 Å². The molecule has 6 nitrogen and oxygen atoms in total.